The molecular weight excluding hydrogens is 793 g/mol. The maximum atomic E-state index is 13.3. The zero-order valence-corrected chi connectivity index (χ0v) is 33.4. The molecule has 18 nitrogen and oxygen atoms in total. The number of nitrogens with one attached hydrogen (secondary N) is 5. The summed E-state index contributed by atoms with van der Waals surface area (Å²) in [6.07, 6.45) is 5.14. The van der Waals surface area contributed by atoms with Gasteiger partial charge in [0.1, 0.15) is 29.4 Å². The summed E-state index contributed by atoms with van der Waals surface area (Å²) < 4.78 is 17.7. The molecule has 1 saturated heterocycles. The van der Waals surface area contributed by atoms with Gasteiger partial charge in [0.2, 0.25) is 5.88 Å². The maximum Gasteiger partial charge on any atom is 0.334 e. The molecule has 20 heteroatoms. The Bertz CT molecular complexity index is 2430. The van der Waals surface area contributed by atoms with E-state index in [4.69, 9.17) is 32.2 Å². The number of ether oxygens (including phenoxy) is 2. The fraction of sp³-hybridized carbons (Fsp3) is 0.237. The second-order valence-electron chi connectivity index (χ2n) is 13.5. The zero-order chi connectivity index (χ0) is 41.2. The van der Waals surface area contributed by atoms with Crippen LogP contribution < -0.4 is 31.7 Å². The van der Waals surface area contributed by atoms with Crippen molar-refractivity contribution in [1.82, 2.24) is 28.8 Å². The summed E-state index contributed by atoms with van der Waals surface area (Å²) >= 11 is 6.07. The number of benzene rings is 1. The van der Waals surface area contributed by atoms with Gasteiger partial charge >= 0.3 is 5.97 Å². The van der Waals surface area contributed by atoms with Gasteiger partial charge in [-0.1, -0.05) is 30.3 Å². The lowest BCUT2D eigenvalue weighted by Gasteiger charge is -2.27. The predicted molar refractivity (Wildman–Crippen MR) is 218 cm³/mol. The summed E-state index contributed by atoms with van der Waals surface area (Å²) in [4.78, 5) is 64.7. The van der Waals surface area contributed by atoms with Crippen molar-refractivity contribution in [3.05, 3.63) is 113 Å². The Balaban J connectivity index is 0.00000641. The Morgan fingerprint density at radius 3 is 1.79 bits per heavy atom. The van der Waals surface area contributed by atoms with Gasteiger partial charge < -0.3 is 50.2 Å². The van der Waals surface area contributed by atoms with Crippen LogP contribution in [-0.4, -0.2) is 72.1 Å². The van der Waals surface area contributed by atoms with E-state index in [0.717, 1.165) is 0 Å². The highest BCUT2D eigenvalue weighted by atomic mass is 35.5. The summed E-state index contributed by atoms with van der Waals surface area (Å²) in [6, 6.07) is 12.8. The molecule has 58 heavy (non-hydrogen) atoms. The average Bonchev–Trinajstić information content (AvgIpc) is 3.95. The number of cyclic esters (lactones) is 1. The first-order chi connectivity index (χ1) is 27.0. The number of nitrogens with two attached hydrogens (primary N) is 1. The third-order valence-corrected chi connectivity index (χ3v) is 9.41. The number of amidine groups is 1. The molecule has 1 atom stereocenters. The number of hydrogen-bond acceptors (Lipinski definition) is 9. The highest BCUT2D eigenvalue weighted by molar-refractivity contribution is 6.30. The topological polar surface area (TPSA) is 234 Å². The van der Waals surface area contributed by atoms with Crippen LogP contribution in [0.15, 0.2) is 79.3 Å². The van der Waals surface area contributed by atoms with Crippen LogP contribution in [0.1, 0.15) is 60.4 Å². The molecule has 1 unspecified atom stereocenters. The first-order valence-corrected chi connectivity index (χ1v) is 17.8. The number of halogens is 2. The van der Waals surface area contributed by atoms with Crippen molar-refractivity contribution in [3.63, 3.8) is 0 Å². The minimum absolute atomic E-state index is 0. The summed E-state index contributed by atoms with van der Waals surface area (Å²) in [5, 5.41) is 23.1. The number of carbonyl (C=O) groups excluding carboxylic acids is 5. The SMILES string of the molecule is C=C1CC(COc2cc(C(=O)Nc3cc(C(=O)Nc4cc(C(=O)Nc5cc(C(=O)NCCC(=N)N)n(C)c5)n(C)c4)n(C)c3)n(C)n2)(c2ccc(Cl)cc2)OC1=O.Cl. The quantitative estimate of drug-likeness (QED) is 0.0409. The fourth-order valence-electron chi connectivity index (χ4n) is 6.26. The van der Waals surface area contributed by atoms with Crippen molar-refractivity contribution in [2.45, 2.75) is 18.4 Å². The predicted octanol–water partition coefficient (Wildman–Crippen LogP) is 4.10. The molecule has 0 radical (unpaired) electrons. The van der Waals surface area contributed by atoms with Crippen LogP contribution in [0, 0.1) is 5.41 Å². The number of aryl methyl sites for hydroxylation is 4. The highest BCUT2D eigenvalue weighted by Crippen LogP contribution is 2.40. The Labute approximate surface area is 343 Å². The van der Waals surface area contributed by atoms with Gasteiger partial charge in [-0.25, -0.2) is 4.79 Å². The standard InChI is InChI=1S/C38H40ClN11O7.ClH/c1-21-16-38(57-37(21)55,22-6-8-23(39)9-7-22)20-56-32-15-30(50(5)46-32)36(54)45-26-14-29(49(4)19-26)35(53)44-25-13-28(48(3)18-25)34(52)43-24-12-27(47(2)17-24)33(51)42-11-10-31(40)41;/h6-9,12-15,17-19H,1,10-11,16,20H2,2-5H3,(H3,40,41)(H,42,51)(H,43,52)(H,44,53)(H,45,54);1H. The molecule has 1 aliphatic heterocycles. The lowest BCUT2D eigenvalue weighted by atomic mass is 9.90. The monoisotopic (exact) mass is 833 g/mol. The molecule has 0 aliphatic carbocycles. The van der Waals surface area contributed by atoms with E-state index in [1.165, 1.54) is 33.5 Å². The van der Waals surface area contributed by atoms with E-state index in [0.29, 0.717) is 38.9 Å². The van der Waals surface area contributed by atoms with Crippen LogP contribution in [0.5, 0.6) is 5.88 Å². The molecule has 1 fully saturated rings. The van der Waals surface area contributed by atoms with Crippen molar-refractivity contribution in [3.8, 4) is 5.88 Å². The third kappa shape index (κ3) is 9.25. The van der Waals surface area contributed by atoms with Gasteiger partial charge in [0.15, 0.2) is 5.60 Å². The summed E-state index contributed by atoms with van der Waals surface area (Å²) in [5.41, 5.74) is 7.11. The van der Waals surface area contributed by atoms with E-state index in [2.05, 4.69) is 32.9 Å². The maximum absolute atomic E-state index is 13.3. The molecule has 5 heterocycles. The smallest absolute Gasteiger partial charge is 0.334 e. The first kappa shape index (κ1) is 42.4. The average molecular weight is 835 g/mol. The molecule has 304 valence electrons. The summed E-state index contributed by atoms with van der Waals surface area (Å²) in [5.74, 6) is -2.35. The second kappa shape index (κ2) is 17.1. The van der Waals surface area contributed by atoms with Crippen LogP contribution in [-0.2, 0) is 43.3 Å². The van der Waals surface area contributed by atoms with Gasteiger partial charge in [-0.2, -0.15) is 0 Å². The summed E-state index contributed by atoms with van der Waals surface area (Å²) in [7, 11) is 6.52. The normalized spacial score (nSPS) is 14.6. The number of esters is 1. The van der Waals surface area contributed by atoms with Gasteiger partial charge in [-0.3, -0.25) is 29.3 Å². The Hall–Kier alpha value is -6.79. The minimum atomic E-state index is -1.15. The molecule has 7 N–H and O–H groups in total. The van der Waals surface area contributed by atoms with E-state index in [1.807, 2.05) is 0 Å². The summed E-state index contributed by atoms with van der Waals surface area (Å²) in [6.45, 7) is 3.91. The number of amides is 4. The lowest BCUT2D eigenvalue weighted by molar-refractivity contribution is -0.150. The van der Waals surface area contributed by atoms with Crippen LogP contribution in [0.3, 0.4) is 0 Å². The van der Waals surface area contributed by atoms with Crippen LogP contribution in [0.2, 0.25) is 5.02 Å². The van der Waals surface area contributed by atoms with Crippen LogP contribution in [0.25, 0.3) is 0 Å². The molecule has 0 bridgehead atoms. The van der Waals surface area contributed by atoms with E-state index in [9.17, 15) is 24.0 Å². The molecule has 4 aromatic heterocycles. The van der Waals surface area contributed by atoms with Gasteiger partial charge in [-0.05, 0) is 35.9 Å². The second-order valence-corrected chi connectivity index (χ2v) is 14.0. The van der Waals surface area contributed by atoms with E-state index in [-0.39, 0.29) is 73.1 Å². The Morgan fingerprint density at radius 2 is 1.33 bits per heavy atom. The zero-order valence-electron chi connectivity index (χ0n) is 31.8. The molecule has 5 aromatic rings. The molecule has 1 aromatic carbocycles. The van der Waals surface area contributed by atoms with Gasteiger partial charge in [0.25, 0.3) is 23.6 Å². The van der Waals surface area contributed by atoms with E-state index >= 15 is 0 Å². The van der Waals surface area contributed by atoms with E-state index < -0.39 is 29.3 Å². The number of nitrogens with zero attached hydrogens (tertiary/aromatic N) is 5. The Kier molecular flexibility index (Phi) is 12.5. The van der Waals surface area contributed by atoms with Crippen molar-refractivity contribution in [2.75, 3.05) is 29.1 Å². The largest absolute Gasteiger partial charge is 0.472 e. The van der Waals surface area contributed by atoms with Gasteiger partial charge in [0, 0.05) is 82.8 Å². The number of carbonyl (C=O) groups is 5. The minimum Gasteiger partial charge on any atom is -0.472 e. The molecular formula is C38H41Cl2N11O7. The van der Waals surface area contributed by atoms with E-state index in [1.54, 1.807) is 80.2 Å². The van der Waals surface area contributed by atoms with Crippen molar-refractivity contribution in [1.29, 1.82) is 5.41 Å². The molecule has 0 saturated carbocycles. The van der Waals surface area contributed by atoms with Gasteiger partial charge in [-0.15, -0.1) is 17.5 Å². The number of hydrogen-bond donors (Lipinski definition) is 6. The van der Waals surface area contributed by atoms with Crippen molar-refractivity contribution in [2.24, 2.45) is 33.9 Å². The van der Waals surface area contributed by atoms with Crippen LogP contribution in [0.4, 0.5) is 17.1 Å². The highest BCUT2D eigenvalue weighted by Gasteiger charge is 2.45. The van der Waals surface area contributed by atoms with Crippen molar-refractivity contribution < 1.29 is 33.4 Å². The first-order valence-electron chi connectivity index (χ1n) is 17.4. The number of rotatable bonds is 14. The molecule has 1 aliphatic rings. The lowest BCUT2D eigenvalue weighted by Crippen LogP contribution is -2.33. The molecule has 6 rings (SSSR count). The fourth-order valence-corrected chi connectivity index (χ4v) is 6.38. The number of anilines is 3. The number of aromatic nitrogens is 5. The molecule has 0 spiro atoms. The third-order valence-electron chi connectivity index (χ3n) is 9.16. The van der Waals surface area contributed by atoms with Crippen LogP contribution >= 0.6 is 24.0 Å². The van der Waals surface area contributed by atoms with Gasteiger partial charge in [0.05, 0.1) is 22.9 Å². The Morgan fingerprint density at radius 1 is 0.845 bits per heavy atom. The van der Waals surface area contributed by atoms with Crippen molar-refractivity contribution >= 4 is 76.5 Å². The molecule has 4 amide bonds.